The van der Waals surface area contributed by atoms with E-state index in [1.807, 2.05) is 42.2 Å². The van der Waals surface area contributed by atoms with Crippen molar-refractivity contribution in [2.45, 2.75) is 19.6 Å². The molecule has 1 unspecified atom stereocenters. The lowest BCUT2D eigenvalue weighted by molar-refractivity contribution is 0.0748. The molecule has 0 aromatic heterocycles. The summed E-state index contributed by atoms with van der Waals surface area (Å²) < 4.78 is 5.22. The Hall–Kier alpha value is -3.92. The van der Waals surface area contributed by atoms with Gasteiger partial charge < -0.3 is 25.7 Å². The van der Waals surface area contributed by atoms with Crippen molar-refractivity contribution in [1.29, 1.82) is 5.41 Å². The molecule has 4 N–H and O–H groups in total. The topological polar surface area (TPSA) is 122 Å². The maximum atomic E-state index is 13.4. The summed E-state index contributed by atoms with van der Waals surface area (Å²) in [4.78, 5) is 30.1. The first-order valence-corrected chi connectivity index (χ1v) is 11.2. The molecule has 2 amide bonds. The summed E-state index contributed by atoms with van der Waals surface area (Å²) in [7, 11) is 1.57. The number of hydrogen-bond acceptors (Lipinski definition) is 8. The largest absolute Gasteiger partial charge is 0.497 e. The number of anilines is 2. The molecule has 0 saturated carbocycles. The number of nitrogens with one attached hydrogen (secondary N) is 4. The summed E-state index contributed by atoms with van der Waals surface area (Å²) in [5, 5.41) is 17.4. The molecule has 2 heterocycles. The lowest BCUT2D eigenvalue weighted by Gasteiger charge is -2.36. The van der Waals surface area contributed by atoms with Crippen LogP contribution in [0.15, 0.2) is 41.5 Å². The number of nitrogens with zero attached hydrogens (tertiary/aromatic N) is 3. The van der Waals surface area contributed by atoms with Crippen molar-refractivity contribution in [3.05, 3.63) is 53.1 Å². The van der Waals surface area contributed by atoms with E-state index in [4.69, 9.17) is 10.1 Å². The van der Waals surface area contributed by atoms with Gasteiger partial charge in [0.25, 0.3) is 11.8 Å². The Labute approximate surface area is 198 Å². The lowest BCUT2D eigenvalue weighted by Crippen LogP contribution is -2.56. The quantitative estimate of drug-likeness (QED) is 0.385. The molecule has 0 spiro atoms. The zero-order valence-electron chi connectivity index (χ0n) is 19.3. The van der Waals surface area contributed by atoms with Gasteiger partial charge in [-0.15, -0.1) is 0 Å². The molecule has 2 aliphatic rings. The van der Waals surface area contributed by atoms with Crippen molar-refractivity contribution in [3.8, 4) is 5.75 Å². The number of hydrogen-bond donors (Lipinski definition) is 4. The average Bonchev–Trinajstić information content (AvgIpc) is 3.11. The van der Waals surface area contributed by atoms with E-state index >= 15 is 0 Å². The molecule has 34 heavy (non-hydrogen) atoms. The molecule has 2 aliphatic heterocycles. The number of hydrazone groups is 1. The number of amides is 2. The number of carbonyl (C=O) groups is 2. The van der Waals surface area contributed by atoms with Crippen LogP contribution in [0.25, 0.3) is 0 Å². The highest BCUT2D eigenvalue weighted by atomic mass is 16.5. The average molecular weight is 464 g/mol. The van der Waals surface area contributed by atoms with E-state index in [1.54, 1.807) is 13.2 Å². The van der Waals surface area contributed by atoms with Gasteiger partial charge in [-0.05, 0) is 43.7 Å². The van der Waals surface area contributed by atoms with Gasteiger partial charge in [-0.2, -0.15) is 5.10 Å². The predicted octanol–water partition coefficient (Wildman–Crippen LogP) is 2.34. The molecule has 4 rings (SSSR count). The molecular weight excluding hydrogens is 434 g/mol. The molecule has 2 aromatic rings. The van der Waals surface area contributed by atoms with Crippen LogP contribution in [0.2, 0.25) is 0 Å². The minimum Gasteiger partial charge on any atom is -0.497 e. The van der Waals surface area contributed by atoms with Crippen molar-refractivity contribution in [1.82, 2.24) is 15.1 Å². The fraction of sp³-hybridized carbons (Fsp3) is 0.333. The van der Waals surface area contributed by atoms with Crippen molar-refractivity contribution in [2.24, 2.45) is 5.10 Å². The number of rotatable bonds is 6. The molecular formula is C24H29N7O3. The second kappa shape index (κ2) is 10.3. The Morgan fingerprint density at radius 1 is 1.18 bits per heavy atom. The summed E-state index contributed by atoms with van der Waals surface area (Å²) in [6.45, 7) is 4.42. The Balaban J connectivity index is 1.45. The molecule has 10 nitrogen and oxygen atoms in total. The molecule has 0 radical (unpaired) electrons. The number of carbonyl (C=O) groups excluding carboxylic acids is 2. The van der Waals surface area contributed by atoms with E-state index in [9.17, 15) is 9.59 Å². The maximum Gasteiger partial charge on any atom is 0.256 e. The Bertz CT molecular complexity index is 1120. The minimum absolute atomic E-state index is 0.0730. The standard InChI is InChI=1S/C24H29N7O3/c1-16-4-6-21(29-26-9-8-25)19(14-16)23(33)30-10-3-11-31(13-12-30)24-27-20-7-5-17(34-2)15-18(20)22(32)28-24/h4-9,14-15,24-25,27,29H,3,10-13H2,1-2H3,(H,28,32)/b25-8?,26-9-. The van der Waals surface area contributed by atoms with Gasteiger partial charge in [0.2, 0.25) is 0 Å². The first-order valence-electron chi connectivity index (χ1n) is 11.2. The third-order valence-corrected chi connectivity index (χ3v) is 5.95. The summed E-state index contributed by atoms with van der Waals surface area (Å²) in [5.74, 6) is 0.401. The maximum absolute atomic E-state index is 13.4. The second-order valence-electron chi connectivity index (χ2n) is 8.22. The van der Waals surface area contributed by atoms with Crippen LogP contribution in [-0.2, 0) is 0 Å². The third kappa shape index (κ3) is 5.01. The first-order chi connectivity index (χ1) is 16.5. The van der Waals surface area contributed by atoms with E-state index in [0.29, 0.717) is 42.2 Å². The van der Waals surface area contributed by atoms with E-state index in [-0.39, 0.29) is 18.1 Å². The molecule has 178 valence electrons. The van der Waals surface area contributed by atoms with Gasteiger partial charge in [0, 0.05) is 38.1 Å². The van der Waals surface area contributed by atoms with Crippen LogP contribution in [0.3, 0.4) is 0 Å². The highest BCUT2D eigenvalue weighted by Crippen LogP contribution is 2.26. The molecule has 1 atom stereocenters. The lowest BCUT2D eigenvalue weighted by atomic mass is 10.1. The zero-order valence-corrected chi connectivity index (χ0v) is 19.3. The van der Waals surface area contributed by atoms with Crippen molar-refractivity contribution in [3.63, 3.8) is 0 Å². The molecule has 1 saturated heterocycles. The fourth-order valence-corrected chi connectivity index (χ4v) is 4.18. The van der Waals surface area contributed by atoms with Gasteiger partial charge in [0.1, 0.15) is 5.75 Å². The number of benzene rings is 2. The van der Waals surface area contributed by atoms with E-state index in [1.165, 1.54) is 6.21 Å². The minimum atomic E-state index is -0.352. The Kier molecular flexibility index (Phi) is 7.07. The summed E-state index contributed by atoms with van der Waals surface area (Å²) in [6, 6.07) is 11.0. The fourth-order valence-electron chi connectivity index (χ4n) is 4.18. The molecule has 10 heteroatoms. The normalized spacial score (nSPS) is 18.5. The van der Waals surface area contributed by atoms with Crippen LogP contribution in [0.1, 0.15) is 32.7 Å². The smallest absolute Gasteiger partial charge is 0.256 e. The summed E-state index contributed by atoms with van der Waals surface area (Å²) in [5.41, 5.74) is 6.28. The van der Waals surface area contributed by atoms with Crippen LogP contribution in [0.5, 0.6) is 5.75 Å². The van der Waals surface area contributed by atoms with Crippen LogP contribution in [0, 0.1) is 12.3 Å². The third-order valence-electron chi connectivity index (χ3n) is 5.95. The second-order valence-corrected chi connectivity index (χ2v) is 8.22. The molecule has 1 fully saturated rings. The monoisotopic (exact) mass is 463 g/mol. The van der Waals surface area contributed by atoms with Gasteiger partial charge in [-0.3, -0.25) is 19.9 Å². The number of ether oxygens (including phenoxy) is 1. The SMILES string of the molecule is COc1ccc2c(c1)C(=O)NC(N1CCCN(C(=O)c3cc(C)ccc3N/N=C\C=N)CC1)N2. The van der Waals surface area contributed by atoms with Gasteiger partial charge in [-0.1, -0.05) is 11.6 Å². The highest BCUT2D eigenvalue weighted by Gasteiger charge is 2.30. The van der Waals surface area contributed by atoms with Crippen molar-refractivity contribution < 1.29 is 14.3 Å². The number of methoxy groups -OCH3 is 1. The van der Waals surface area contributed by atoms with Gasteiger partial charge >= 0.3 is 0 Å². The molecule has 0 aliphatic carbocycles. The van der Waals surface area contributed by atoms with Crippen LogP contribution >= 0.6 is 0 Å². The number of aryl methyl sites for hydroxylation is 1. The van der Waals surface area contributed by atoms with Crippen LogP contribution in [-0.4, -0.2) is 73.6 Å². The zero-order chi connectivity index (χ0) is 24.1. The Morgan fingerprint density at radius 2 is 2.03 bits per heavy atom. The van der Waals surface area contributed by atoms with Crippen LogP contribution in [0.4, 0.5) is 11.4 Å². The van der Waals surface area contributed by atoms with Gasteiger partial charge in [-0.25, -0.2) is 0 Å². The molecule has 2 aromatic carbocycles. The number of fused-ring (bicyclic) bond motifs is 1. The van der Waals surface area contributed by atoms with Crippen molar-refractivity contribution >= 4 is 35.6 Å². The van der Waals surface area contributed by atoms with Gasteiger partial charge in [0.05, 0.1) is 30.1 Å². The van der Waals surface area contributed by atoms with E-state index < -0.39 is 0 Å². The first kappa shape index (κ1) is 23.2. The summed E-state index contributed by atoms with van der Waals surface area (Å²) >= 11 is 0. The van der Waals surface area contributed by atoms with Crippen molar-refractivity contribution in [2.75, 3.05) is 44.0 Å². The van der Waals surface area contributed by atoms with Crippen LogP contribution < -0.4 is 20.8 Å². The predicted molar refractivity (Wildman–Crippen MR) is 132 cm³/mol. The molecule has 0 bridgehead atoms. The Morgan fingerprint density at radius 3 is 2.82 bits per heavy atom. The van der Waals surface area contributed by atoms with E-state index in [0.717, 1.165) is 30.4 Å². The highest BCUT2D eigenvalue weighted by molar-refractivity contribution is 6.14. The van der Waals surface area contributed by atoms with E-state index in [2.05, 4.69) is 26.1 Å². The van der Waals surface area contributed by atoms with Gasteiger partial charge in [0.15, 0.2) is 6.29 Å². The summed E-state index contributed by atoms with van der Waals surface area (Å²) in [6.07, 6.45) is 2.81.